The predicted octanol–water partition coefficient (Wildman–Crippen LogP) is 6.87. The van der Waals surface area contributed by atoms with Crippen molar-refractivity contribution in [2.75, 3.05) is 12.9 Å². The molecule has 1 heterocycles. The first kappa shape index (κ1) is 25.3. The van der Waals surface area contributed by atoms with Crippen molar-refractivity contribution in [1.82, 2.24) is 0 Å². The molecule has 6 heteroatoms. The Morgan fingerprint density at radius 3 is 2.43 bits per heavy atom. The Balaban J connectivity index is 1.39. The van der Waals surface area contributed by atoms with Crippen LogP contribution < -0.4 is 0 Å². The second kappa shape index (κ2) is 11.4. The third-order valence-electron chi connectivity index (χ3n) is 7.00. The minimum absolute atomic E-state index is 0.140. The molecule has 1 aliphatic carbocycles. The fourth-order valence-electron chi connectivity index (χ4n) is 5.19. The van der Waals surface area contributed by atoms with E-state index in [1.54, 1.807) is 0 Å². The monoisotopic (exact) mass is 512 g/mol. The van der Waals surface area contributed by atoms with E-state index in [2.05, 4.69) is 60.8 Å². The summed E-state index contributed by atoms with van der Waals surface area (Å²) in [6.07, 6.45) is 8.63. The number of benzene rings is 3. The number of hydrogen-bond donors (Lipinski definition) is 0. The summed E-state index contributed by atoms with van der Waals surface area (Å²) in [4.78, 5) is 9.75. The Morgan fingerprint density at radius 2 is 1.65 bits per heavy atom. The van der Waals surface area contributed by atoms with Crippen molar-refractivity contribution >= 4 is 33.4 Å². The number of nitrogens with zero attached hydrogens (tertiary/aromatic N) is 2. The van der Waals surface area contributed by atoms with Gasteiger partial charge in [0.2, 0.25) is 0 Å². The first-order valence-corrected chi connectivity index (χ1v) is 14.7. The molecule has 3 aromatic carbocycles. The maximum absolute atomic E-state index is 11.2. The van der Waals surface area contributed by atoms with Crippen LogP contribution in [0.1, 0.15) is 60.3 Å². The van der Waals surface area contributed by atoms with E-state index in [0.29, 0.717) is 12.3 Å². The van der Waals surface area contributed by atoms with Gasteiger partial charge in [0.1, 0.15) is 5.84 Å². The summed E-state index contributed by atoms with van der Waals surface area (Å²) in [6.45, 7) is 0.140. The second-order valence-electron chi connectivity index (χ2n) is 9.69. The van der Waals surface area contributed by atoms with Crippen LogP contribution in [0.5, 0.6) is 0 Å². The van der Waals surface area contributed by atoms with Crippen LogP contribution in [0.15, 0.2) is 94.4 Å². The molecule has 1 unspecified atom stereocenters. The van der Waals surface area contributed by atoms with Crippen LogP contribution in [0.3, 0.4) is 0 Å². The molecule has 37 heavy (non-hydrogen) atoms. The van der Waals surface area contributed by atoms with Gasteiger partial charge in [-0.2, -0.15) is 8.42 Å². The molecule has 0 saturated heterocycles. The molecule has 0 radical (unpaired) electrons. The van der Waals surface area contributed by atoms with Gasteiger partial charge in [-0.05, 0) is 77.6 Å². The summed E-state index contributed by atoms with van der Waals surface area (Å²) in [5, 5.41) is 0. The van der Waals surface area contributed by atoms with Crippen LogP contribution in [0.4, 0.5) is 5.69 Å². The number of aliphatic imine (C=N–C) groups is 2. The fraction of sp³-hybridized carbons (Fsp3) is 0.290. The summed E-state index contributed by atoms with van der Waals surface area (Å²) in [5.74, 6) is 1.17. The Labute approximate surface area is 219 Å². The first-order chi connectivity index (χ1) is 18.0. The van der Waals surface area contributed by atoms with Gasteiger partial charge in [-0.25, -0.2) is 9.98 Å². The van der Waals surface area contributed by atoms with E-state index in [-0.39, 0.29) is 6.61 Å². The third-order valence-corrected chi connectivity index (χ3v) is 7.60. The number of fused-ring (bicyclic) bond motifs is 2. The lowest BCUT2D eigenvalue weighted by Crippen LogP contribution is -2.13. The van der Waals surface area contributed by atoms with Crippen molar-refractivity contribution in [3.05, 3.63) is 107 Å². The zero-order valence-electron chi connectivity index (χ0n) is 21.1. The lowest BCUT2D eigenvalue weighted by Gasteiger charge is -2.29. The average Bonchev–Trinajstić information content (AvgIpc) is 3.00. The Morgan fingerprint density at radius 1 is 0.919 bits per heavy atom. The normalized spacial score (nSPS) is 19.1. The topological polar surface area (TPSA) is 68.1 Å². The number of allylic oxidation sites excluding steroid dienone is 2. The van der Waals surface area contributed by atoms with Crippen molar-refractivity contribution in [2.45, 2.75) is 44.4 Å². The molecule has 1 atom stereocenters. The van der Waals surface area contributed by atoms with Crippen molar-refractivity contribution in [3.8, 4) is 0 Å². The summed E-state index contributed by atoms with van der Waals surface area (Å²) < 4.78 is 27.2. The van der Waals surface area contributed by atoms with E-state index in [0.717, 1.165) is 55.4 Å². The van der Waals surface area contributed by atoms with Gasteiger partial charge < -0.3 is 0 Å². The Hall–Kier alpha value is -3.35. The Kier molecular flexibility index (Phi) is 7.77. The predicted molar refractivity (Wildman–Crippen MR) is 151 cm³/mol. The maximum atomic E-state index is 11.2. The van der Waals surface area contributed by atoms with Crippen LogP contribution >= 0.6 is 0 Å². The molecule has 2 aliphatic rings. The second-order valence-corrected chi connectivity index (χ2v) is 11.3. The molecule has 0 N–H and O–H groups in total. The molecule has 3 aromatic rings. The average molecular weight is 513 g/mol. The third kappa shape index (κ3) is 6.51. The van der Waals surface area contributed by atoms with Gasteiger partial charge in [0.15, 0.2) is 0 Å². The standard InChI is InChI=1S/C31H32N2O3S/c1-37(34,35)36-20-19-23-15-17-26(18-16-23)33-31-14-8-7-11-27-25(22-32-31)21-30(24-9-3-2-4-10-24)29-13-6-5-12-28(27)29/h2-6,9-10,12-13,15-18,22,30H,7-8,11,14,19-21H2,1H3. The van der Waals surface area contributed by atoms with Crippen LogP contribution in [0.25, 0.3) is 5.57 Å². The molecule has 5 rings (SSSR count). The van der Waals surface area contributed by atoms with Crippen molar-refractivity contribution in [3.63, 3.8) is 0 Å². The number of hydrogen-bond acceptors (Lipinski definition) is 4. The highest BCUT2D eigenvalue weighted by atomic mass is 32.2. The lowest BCUT2D eigenvalue weighted by atomic mass is 9.75. The molecule has 190 valence electrons. The smallest absolute Gasteiger partial charge is 0.264 e. The Bertz CT molecular complexity index is 1440. The summed E-state index contributed by atoms with van der Waals surface area (Å²) in [5.41, 5.74) is 8.70. The molecule has 5 nitrogen and oxygen atoms in total. The zero-order valence-corrected chi connectivity index (χ0v) is 22.0. The fourth-order valence-corrected chi connectivity index (χ4v) is 5.58. The first-order valence-electron chi connectivity index (χ1n) is 12.9. The molecule has 1 aliphatic heterocycles. The minimum Gasteiger partial charge on any atom is -0.270 e. The van der Waals surface area contributed by atoms with Crippen LogP contribution in [-0.2, 0) is 20.7 Å². The largest absolute Gasteiger partial charge is 0.270 e. The van der Waals surface area contributed by atoms with E-state index in [4.69, 9.17) is 14.2 Å². The molecule has 0 saturated carbocycles. The lowest BCUT2D eigenvalue weighted by molar-refractivity contribution is 0.326. The summed E-state index contributed by atoms with van der Waals surface area (Å²) >= 11 is 0. The van der Waals surface area contributed by atoms with Gasteiger partial charge in [-0.15, -0.1) is 0 Å². The SMILES string of the molecule is CS(=O)(=O)OCCc1ccc(N=C2CCCCC3=C(C=N2)CC(c2ccccc2)c2ccccc23)cc1. The highest BCUT2D eigenvalue weighted by Gasteiger charge is 2.27. The highest BCUT2D eigenvalue weighted by Crippen LogP contribution is 2.43. The molecule has 0 bridgehead atoms. The molecule has 0 aromatic heterocycles. The number of amidine groups is 1. The van der Waals surface area contributed by atoms with E-state index >= 15 is 0 Å². The summed E-state index contributed by atoms with van der Waals surface area (Å²) in [7, 11) is -3.42. The minimum atomic E-state index is -3.42. The van der Waals surface area contributed by atoms with E-state index < -0.39 is 10.1 Å². The van der Waals surface area contributed by atoms with Gasteiger partial charge in [0, 0.05) is 18.6 Å². The van der Waals surface area contributed by atoms with Gasteiger partial charge in [-0.1, -0.05) is 66.7 Å². The van der Waals surface area contributed by atoms with Crippen molar-refractivity contribution < 1.29 is 12.6 Å². The van der Waals surface area contributed by atoms with Gasteiger partial charge in [0.05, 0.1) is 18.6 Å². The van der Waals surface area contributed by atoms with Gasteiger partial charge >= 0.3 is 0 Å². The quantitative estimate of drug-likeness (QED) is 0.339. The molecular formula is C31H32N2O3S. The maximum Gasteiger partial charge on any atom is 0.264 e. The van der Waals surface area contributed by atoms with Crippen molar-refractivity contribution in [1.29, 1.82) is 0 Å². The number of rotatable bonds is 6. The molecular weight excluding hydrogens is 480 g/mol. The van der Waals surface area contributed by atoms with Crippen LogP contribution in [0, 0.1) is 0 Å². The molecule has 0 fully saturated rings. The molecule has 0 amide bonds. The summed E-state index contributed by atoms with van der Waals surface area (Å²) in [6, 6.07) is 27.4. The van der Waals surface area contributed by atoms with Gasteiger partial charge in [0.25, 0.3) is 10.1 Å². The van der Waals surface area contributed by atoms with Crippen LogP contribution in [-0.4, -0.2) is 33.3 Å². The van der Waals surface area contributed by atoms with E-state index in [1.165, 1.54) is 27.8 Å². The highest BCUT2D eigenvalue weighted by molar-refractivity contribution is 7.85. The van der Waals surface area contributed by atoms with Crippen molar-refractivity contribution in [2.24, 2.45) is 9.98 Å². The van der Waals surface area contributed by atoms with E-state index in [9.17, 15) is 8.42 Å². The van der Waals surface area contributed by atoms with Gasteiger partial charge in [-0.3, -0.25) is 4.18 Å². The zero-order chi connectivity index (χ0) is 25.7. The van der Waals surface area contributed by atoms with Crippen LogP contribution in [0.2, 0.25) is 0 Å². The van der Waals surface area contributed by atoms with E-state index in [1.807, 2.05) is 24.3 Å². The molecule has 0 spiro atoms.